The molecule has 0 aliphatic carbocycles. The van der Waals surface area contributed by atoms with E-state index < -0.39 is 0 Å². The maximum Gasteiger partial charge on any atom is 0.274 e. The molecular formula is C44H41Cl2N5O5. The van der Waals surface area contributed by atoms with E-state index in [0.29, 0.717) is 62.0 Å². The fourth-order valence-corrected chi connectivity index (χ4v) is 9.00. The molecule has 56 heavy (non-hydrogen) atoms. The Morgan fingerprint density at radius 3 is 1.66 bits per heavy atom. The van der Waals surface area contributed by atoms with E-state index in [2.05, 4.69) is 17.4 Å². The maximum absolute atomic E-state index is 14.6. The van der Waals surface area contributed by atoms with Crippen LogP contribution in [-0.2, 0) is 20.9 Å². The van der Waals surface area contributed by atoms with Crippen molar-refractivity contribution in [2.75, 3.05) is 47.7 Å². The summed E-state index contributed by atoms with van der Waals surface area (Å²) in [7, 11) is 0. The lowest BCUT2D eigenvalue weighted by Gasteiger charge is -2.22. The third kappa shape index (κ3) is 6.85. The van der Waals surface area contributed by atoms with Crippen LogP contribution in [0.2, 0.25) is 0 Å². The van der Waals surface area contributed by atoms with Crippen molar-refractivity contribution < 1.29 is 24.0 Å². The van der Waals surface area contributed by atoms with Gasteiger partial charge in [0, 0.05) is 86.3 Å². The molecule has 2 atom stereocenters. The summed E-state index contributed by atoms with van der Waals surface area (Å²) in [6, 6.07) is 27.5. The van der Waals surface area contributed by atoms with Gasteiger partial charge in [-0.1, -0.05) is 67.1 Å². The van der Waals surface area contributed by atoms with Gasteiger partial charge in [-0.3, -0.25) is 28.9 Å². The molecule has 0 saturated heterocycles. The summed E-state index contributed by atoms with van der Waals surface area (Å²) in [5, 5.41) is 7.24. The van der Waals surface area contributed by atoms with Crippen molar-refractivity contribution in [2.45, 2.75) is 44.1 Å². The van der Waals surface area contributed by atoms with Crippen molar-refractivity contribution in [3.63, 3.8) is 0 Å². The highest BCUT2D eigenvalue weighted by Gasteiger charge is 2.38. The molecule has 12 heteroatoms. The minimum Gasteiger partial charge on any atom is -0.354 e. The van der Waals surface area contributed by atoms with Gasteiger partial charge in [0.25, 0.3) is 23.6 Å². The first-order valence-corrected chi connectivity index (χ1v) is 20.1. The number of aromatic nitrogens is 1. The van der Waals surface area contributed by atoms with Crippen LogP contribution in [0.3, 0.4) is 0 Å². The molecule has 0 bridgehead atoms. The fraction of sp³-hybridized carbons (Fsp3) is 0.295. The van der Waals surface area contributed by atoms with Crippen molar-refractivity contribution in [1.82, 2.24) is 14.8 Å². The molecule has 4 aromatic carbocycles. The molecule has 1 N–H and O–H groups in total. The van der Waals surface area contributed by atoms with Gasteiger partial charge >= 0.3 is 0 Å². The normalized spacial score (nSPS) is 17.4. The number of nitrogens with zero attached hydrogens (tertiary/aromatic N) is 4. The van der Waals surface area contributed by atoms with Crippen molar-refractivity contribution in [3.8, 4) is 0 Å². The summed E-state index contributed by atoms with van der Waals surface area (Å²) in [6.07, 6.45) is 4.66. The molecule has 10 nitrogen and oxygen atoms in total. The topological polar surface area (TPSA) is 112 Å². The molecule has 5 aromatic rings. The molecule has 3 aliphatic rings. The zero-order valence-electron chi connectivity index (χ0n) is 30.8. The van der Waals surface area contributed by atoms with Crippen LogP contribution in [0, 0.1) is 0 Å². The first-order chi connectivity index (χ1) is 27.3. The van der Waals surface area contributed by atoms with Crippen molar-refractivity contribution in [2.24, 2.45) is 0 Å². The minimum atomic E-state index is -0.309. The summed E-state index contributed by atoms with van der Waals surface area (Å²) in [4.78, 5) is 70.6. The number of hydrogen-bond acceptors (Lipinski definition) is 5. The Kier molecular flexibility index (Phi) is 10.7. The number of alkyl halides is 2. The average Bonchev–Trinajstić information content (AvgIpc) is 4.00. The Labute approximate surface area is 334 Å². The van der Waals surface area contributed by atoms with Crippen LogP contribution in [0.5, 0.6) is 0 Å². The van der Waals surface area contributed by atoms with Gasteiger partial charge in [-0.15, -0.1) is 23.2 Å². The number of halogens is 2. The summed E-state index contributed by atoms with van der Waals surface area (Å²) in [5.41, 5.74) is 4.35. The molecule has 0 saturated carbocycles. The predicted octanol–water partition coefficient (Wildman–Crippen LogP) is 7.36. The van der Waals surface area contributed by atoms with Crippen LogP contribution in [-0.4, -0.2) is 76.9 Å². The highest BCUT2D eigenvalue weighted by atomic mass is 35.5. The number of benzene rings is 4. The Morgan fingerprint density at radius 2 is 1.14 bits per heavy atom. The number of rotatable bonds is 13. The zero-order valence-corrected chi connectivity index (χ0v) is 32.3. The quantitative estimate of drug-likeness (QED) is 0.0762. The van der Waals surface area contributed by atoms with Crippen LogP contribution < -0.4 is 15.1 Å². The second-order valence-electron chi connectivity index (χ2n) is 14.6. The molecule has 1 aromatic heterocycles. The molecule has 3 aliphatic heterocycles. The number of carbonyl (C=O) groups excluding carboxylic acids is 5. The van der Waals surface area contributed by atoms with Crippen molar-refractivity contribution in [1.29, 1.82) is 0 Å². The van der Waals surface area contributed by atoms with Crippen LogP contribution in [0.15, 0.2) is 97.1 Å². The third-order valence-corrected chi connectivity index (χ3v) is 12.0. The first kappa shape index (κ1) is 37.5. The first-order valence-electron chi connectivity index (χ1n) is 19.1. The molecule has 0 unspecified atom stereocenters. The van der Waals surface area contributed by atoms with Crippen molar-refractivity contribution >= 4 is 85.7 Å². The SMILES string of the molecule is O=C(CCCCCN1C(=O)C=CC1=O)NCCn1c(C(=O)N2C[C@@H](CCl)c3c2ccc2ccccc32)ccc1C(=O)N1C[C@@H](CCl)c2c1ccc1ccccc21. The molecule has 0 spiro atoms. The Hall–Kier alpha value is -5.45. The molecule has 0 fully saturated rings. The number of carbonyl (C=O) groups is 5. The Balaban J connectivity index is 1.04. The van der Waals surface area contributed by atoms with E-state index in [9.17, 15) is 24.0 Å². The largest absolute Gasteiger partial charge is 0.354 e. The number of hydrogen-bond donors (Lipinski definition) is 1. The van der Waals surface area contributed by atoms with Crippen LogP contribution in [0.25, 0.3) is 21.5 Å². The number of unbranched alkanes of at least 4 members (excludes halogenated alkanes) is 2. The third-order valence-electron chi connectivity index (χ3n) is 11.2. The predicted molar refractivity (Wildman–Crippen MR) is 220 cm³/mol. The van der Waals surface area contributed by atoms with Gasteiger partial charge < -0.3 is 19.7 Å². The van der Waals surface area contributed by atoms with Crippen LogP contribution in [0.4, 0.5) is 11.4 Å². The van der Waals surface area contributed by atoms with Gasteiger partial charge in [0.05, 0.1) is 0 Å². The number of imide groups is 1. The Morgan fingerprint density at radius 1 is 0.625 bits per heavy atom. The zero-order chi connectivity index (χ0) is 38.9. The minimum absolute atomic E-state index is 0.0677. The summed E-state index contributed by atoms with van der Waals surface area (Å²) < 4.78 is 1.73. The van der Waals surface area contributed by atoms with Crippen LogP contribution in [0.1, 0.15) is 69.6 Å². The van der Waals surface area contributed by atoms with E-state index in [1.807, 2.05) is 60.7 Å². The highest BCUT2D eigenvalue weighted by molar-refractivity contribution is 6.20. The smallest absolute Gasteiger partial charge is 0.274 e. The van der Waals surface area contributed by atoms with E-state index >= 15 is 0 Å². The van der Waals surface area contributed by atoms with E-state index in [1.54, 1.807) is 26.5 Å². The highest BCUT2D eigenvalue weighted by Crippen LogP contribution is 2.44. The van der Waals surface area contributed by atoms with Gasteiger partial charge in [-0.25, -0.2) is 0 Å². The molecule has 0 radical (unpaired) electrons. The van der Waals surface area contributed by atoms with Gasteiger partial charge in [0.15, 0.2) is 0 Å². The van der Waals surface area contributed by atoms with Gasteiger partial charge in [0.1, 0.15) is 11.4 Å². The molecule has 4 heterocycles. The van der Waals surface area contributed by atoms with E-state index in [4.69, 9.17) is 23.2 Å². The number of anilines is 2. The lowest BCUT2D eigenvalue weighted by atomic mass is 9.96. The summed E-state index contributed by atoms with van der Waals surface area (Å²) in [5.74, 6) is -0.734. The molecular weight excluding hydrogens is 749 g/mol. The van der Waals surface area contributed by atoms with Gasteiger partial charge in [-0.2, -0.15) is 0 Å². The second-order valence-corrected chi connectivity index (χ2v) is 15.2. The summed E-state index contributed by atoms with van der Waals surface area (Å²) >= 11 is 13.0. The molecule has 286 valence electrons. The van der Waals surface area contributed by atoms with Gasteiger partial charge in [-0.05, 0) is 69.8 Å². The van der Waals surface area contributed by atoms with E-state index in [1.165, 1.54) is 17.1 Å². The van der Waals surface area contributed by atoms with E-state index in [-0.39, 0.29) is 60.9 Å². The lowest BCUT2D eigenvalue weighted by Crippen LogP contribution is -2.36. The van der Waals surface area contributed by atoms with Crippen molar-refractivity contribution in [3.05, 3.63) is 120 Å². The number of nitrogens with one attached hydrogen (secondary N) is 1. The number of fused-ring (bicyclic) bond motifs is 6. The van der Waals surface area contributed by atoms with Gasteiger partial charge in [0.2, 0.25) is 5.91 Å². The monoisotopic (exact) mass is 789 g/mol. The fourth-order valence-electron chi connectivity index (χ4n) is 8.49. The second kappa shape index (κ2) is 16.0. The Bertz CT molecular complexity index is 2270. The van der Waals surface area contributed by atoms with E-state index in [0.717, 1.165) is 44.0 Å². The maximum atomic E-state index is 14.6. The average molecular weight is 791 g/mol. The number of amides is 5. The summed E-state index contributed by atoms with van der Waals surface area (Å²) in [6.45, 7) is 1.49. The lowest BCUT2D eigenvalue weighted by molar-refractivity contribution is -0.137. The standard InChI is InChI=1S/C44H41Cl2N5O5/c45-24-30-26-50(34-15-13-28-8-3-5-10-32(28)41(30)34)43(55)36-17-18-37(44(56)51-27-31(25-46)42-33-11-6-4-9-29(33)14-16-35(42)51)48(36)23-21-47-38(52)12-2-1-7-22-49-39(53)19-20-40(49)54/h3-6,8-11,13-20,30-31H,1-2,7,12,21-27H2,(H,47,52)/t30-,31-/m1/s1. The molecule has 5 amide bonds. The van der Waals surface area contributed by atoms with Crippen LogP contribution >= 0.6 is 23.2 Å². The molecule has 8 rings (SSSR count).